The van der Waals surface area contributed by atoms with Crippen LogP contribution in [0, 0.1) is 19.3 Å². The summed E-state index contributed by atoms with van der Waals surface area (Å²) in [5.74, 6) is -0.649. The lowest BCUT2D eigenvalue weighted by atomic mass is 9.84. The van der Waals surface area contributed by atoms with E-state index in [1.165, 1.54) is 5.01 Å². The number of nitrogens with one attached hydrogen (secondary N) is 1. The molecular formula is C26H36N2O2. The Balaban J connectivity index is 2.46. The van der Waals surface area contributed by atoms with Crippen molar-refractivity contribution in [3.63, 3.8) is 0 Å². The van der Waals surface area contributed by atoms with Crippen LogP contribution in [0.1, 0.15) is 84.9 Å². The molecule has 0 aliphatic carbocycles. The lowest BCUT2D eigenvalue weighted by molar-refractivity contribution is 0.0425. The number of nitrogens with zero attached hydrogens (tertiary/aromatic N) is 1. The van der Waals surface area contributed by atoms with Gasteiger partial charge in [-0.1, -0.05) is 70.4 Å². The highest BCUT2D eigenvalue weighted by Gasteiger charge is 2.32. The maximum atomic E-state index is 13.5. The lowest BCUT2D eigenvalue weighted by Gasteiger charge is -2.35. The molecule has 0 spiro atoms. The van der Waals surface area contributed by atoms with E-state index in [2.05, 4.69) is 40.0 Å². The lowest BCUT2D eigenvalue weighted by Crippen LogP contribution is -2.55. The van der Waals surface area contributed by atoms with Crippen molar-refractivity contribution in [1.29, 1.82) is 0 Å². The van der Waals surface area contributed by atoms with Crippen LogP contribution in [-0.4, -0.2) is 22.9 Å². The molecule has 0 saturated heterocycles. The average molecular weight is 409 g/mol. The first-order valence-electron chi connectivity index (χ1n) is 10.9. The van der Waals surface area contributed by atoms with Gasteiger partial charge < -0.3 is 0 Å². The van der Waals surface area contributed by atoms with E-state index in [9.17, 15) is 9.59 Å². The molecule has 1 atom stereocenters. The van der Waals surface area contributed by atoms with E-state index < -0.39 is 0 Å². The fourth-order valence-electron chi connectivity index (χ4n) is 3.58. The minimum Gasteiger partial charge on any atom is -0.267 e. The standard InChI is InChI=1S/C26H36N2O2/c1-8-10-23(26(5,6)7)27-28(24(29)21-13-11-20(9-2)12-14-21)25(30)22-16-18(3)15-19(4)17-22/h11-17,23,27H,8-10H2,1-7H3/t23-/m0/s1. The number of hydrogen-bond donors (Lipinski definition) is 1. The smallest absolute Gasteiger partial charge is 0.267 e. The third kappa shape index (κ3) is 6.02. The Morgan fingerprint density at radius 2 is 1.43 bits per heavy atom. The van der Waals surface area contributed by atoms with Gasteiger partial charge in [0.1, 0.15) is 0 Å². The van der Waals surface area contributed by atoms with Crippen LogP contribution < -0.4 is 5.43 Å². The third-order valence-corrected chi connectivity index (χ3v) is 5.39. The molecule has 0 aliphatic heterocycles. The van der Waals surface area contributed by atoms with E-state index in [0.717, 1.165) is 36.0 Å². The van der Waals surface area contributed by atoms with E-state index in [4.69, 9.17) is 0 Å². The number of aryl methyl sites for hydroxylation is 3. The molecule has 2 rings (SSSR count). The van der Waals surface area contributed by atoms with Crippen molar-refractivity contribution < 1.29 is 9.59 Å². The minimum absolute atomic E-state index is 0.0174. The molecule has 0 unspecified atom stereocenters. The van der Waals surface area contributed by atoms with Gasteiger partial charge >= 0.3 is 0 Å². The molecular weight excluding hydrogens is 372 g/mol. The molecule has 0 aliphatic rings. The molecule has 2 aromatic rings. The van der Waals surface area contributed by atoms with Gasteiger partial charge in [-0.2, -0.15) is 0 Å². The summed E-state index contributed by atoms with van der Waals surface area (Å²) >= 11 is 0. The van der Waals surface area contributed by atoms with Crippen molar-refractivity contribution in [2.24, 2.45) is 5.41 Å². The van der Waals surface area contributed by atoms with Gasteiger partial charge in [0, 0.05) is 17.2 Å². The van der Waals surface area contributed by atoms with Crippen molar-refractivity contribution >= 4 is 11.8 Å². The number of imide groups is 1. The Morgan fingerprint density at radius 3 is 1.90 bits per heavy atom. The first kappa shape index (κ1) is 23.8. The predicted molar refractivity (Wildman–Crippen MR) is 124 cm³/mol. The highest BCUT2D eigenvalue weighted by Crippen LogP contribution is 2.24. The molecule has 4 heteroatoms. The Morgan fingerprint density at radius 1 is 0.900 bits per heavy atom. The van der Waals surface area contributed by atoms with Crippen LogP contribution in [0.25, 0.3) is 0 Å². The summed E-state index contributed by atoms with van der Waals surface area (Å²) < 4.78 is 0. The highest BCUT2D eigenvalue weighted by molar-refractivity contribution is 6.10. The molecule has 162 valence electrons. The average Bonchev–Trinajstić information content (AvgIpc) is 2.68. The topological polar surface area (TPSA) is 49.4 Å². The fourth-order valence-corrected chi connectivity index (χ4v) is 3.58. The van der Waals surface area contributed by atoms with Gasteiger partial charge in [-0.25, -0.2) is 10.4 Å². The molecule has 2 amide bonds. The predicted octanol–water partition coefficient (Wildman–Crippen LogP) is 5.87. The van der Waals surface area contributed by atoms with E-state index in [1.54, 1.807) is 12.1 Å². The molecule has 1 N–H and O–H groups in total. The van der Waals surface area contributed by atoms with Crippen LogP contribution in [-0.2, 0) is 6.42 Å². The number of hydrazine groups is 1. The van der Waals surface area contributed by atoms with Crippen LogP contribution in [0.15, 0.2) is 42.5 Å². The molecule has 30 heavy (non-hydrogen) atoms. The van der Waals surface area contributed by atoms with Crippen molar-refractivity contribution in [2.45, 2.75) is 73.8 Å². The minimum atomic E-state index is -0.327. The van der Waals surface area contributed by atoms with E-state index in [0.29, 0.717) is 11.1 Å². The summed E-state index contributed by atoms with van der Waals surface area (Å²) in [6, 6.07) is 13.2. The quantitative estimate of drug-likeness (QED) is 0.460. The number of rotatable bonds is 7. The van der Waals surface area contributed by atoms with Gasteiger partial charge in [-0.15, -0.1) is 0 Å². The summed E-state index contributed by atoms with van der Waals surface area (Å²) in [6.07, 6.45) is 2.72. The SMILES string of the molecule is CCC[C@H](NN(C(=O)c1ccc(CC)cc1)C(=O)c1cc(C)cc(C)c1)C(C)(C)C. The number of carbonyl (C=O) groups is 2. The Bertz CT molecular complexity index is 859. The normalized spacial score (nSPS) is 12.5. The maximum Gasteiger partial charge on any atom is 0.275 e. The van der Waals surface area contributed by atoms with E-state index in [-0.39, 0.29) is 23.3 Å². The second-order valence-electron chi connectivity index (χ2n) is 9.21. The van der Waals surface area contributed by atoms with Crippen LogP contribution in [0.2, 0.25) is 0 Å². The fraction of sp³-hybridized carbons (Fsp3) is 0.462. The summed E-state index contributed by atoms with van der Waals surface area (Å²) in [4.78, 5) is 26.9. The zero-order valence-corrected chi connectivity index (χ0v) is 19.5. The van der Waals surface area contributed by atoms with Gasteiger partial charge in [0.15, 0.2) is 0 Å². The van der Waals surface area contributed by atoms with Gasteiger partial charge in [0.05, 0.1) is 0 Å². The summed E-state index contributed by atoms with van der Waals surface area (Å²) in [7, 11) is 0. The molecule has 0 heterocycles. The molecule has 2 aromatic carbocycles. The summed E-state index contributed by atoms with van der Waals surface area (Å²) in [6.45, 7) is 14.5. The van der Waals surface area contributed by atoms with Gasteiger partial charge in [0.25, 0.3) is 11.8 Å². The van der Waals surface area contributed by atoms with Crippen LogP contribution >= 0.6 is 0 Å². The Kier molecular flexibility index (Phi) is 7.96. The van der Waals surface area contributed by atoms with Crippen LogP contribution in [0.5, 0.6) is 0 Å². The maximum absolute atomic E-state index is 13.5. The Hall–Kier alpha value is -2.46. The highest BCUT2D eigenvalue weighted by atomic mass is 16.2. The second kappa shape index (κ2) is 10.0. The Labute approximate surface area is 181 Å². The van der Waals surface area contributed by atoms with Crippen molar-refractivity contribution in [1.82, 2.24) is 10.4 Å². The summed E-state index contributed by atoms with van der Waals surface area (Å²) in [5.41, 5.74) is 7.36. The van der Waals surface area contributed by atoms with Crippen molar-refractivity contribution in [2.75, 3.05) is 0 Å². The summed E-state index contributed by atoms with van der Waals surface area (Å²) in [5, 5.41) is 1.22. The monoisotopic (exact) mass is 408 g/mol. The molecule has 4 nitrogen and oxygen atoms in total. The first-order valence-corrected chi connectivity index (χ1v) is 10.9. The molecule has 0 radical (unpaired) electrons. The number of carbonyl (C=O) groups excluding carboxylic acids is 2. The molecule has 0 bridgehead atoms. The second-order valence-corrected chi connectivity index (χ2v) is 9.21. The molecule has 0 fully saturated rings. The number of amides is 2. The van der Waals surface area contributed by atoms with Gasteiger partial charge in [-0.05, 0) is 61.9 Å². The van der Waals surface area contributed by atoms with Crippen molar-refractivity contribution in [3.05, 3.63) is 70.3 Å². The van der Waals surface area contributed by atoms with E-state index >= 15 is 0 Å². The molecule has 0 aromatic heterocycles. The number of hydrogen-bond acceptors (Lipinski definition) is 3. The zero-order chi connectivity index (χ0) is 22.5. The zero-order valence-electron chi connectivity index (χ0n) is 19.5. The third-order valence-electron chi connectivity index (χ3n) is 5.39. The van der Waals surface area contributed by atoms with Gasteiger partial charge in [0.2, 0.25) is 0 Å². The van der Waals surface area contributed by atoms with Crippen LogP contribution in [0.3, 0.4) is 0 Å². The van der Waals surface area contributed by atoms with E-state index in [1.807, 2.05) is 44.2 Å². The first-order chi connectivity index (χ1) is 14.1. The molecule has 0 saturated carbocycles. The van der Waals surface area contributed by atoms with Crippen molar-refractivity contribution in [3.8, 4) is 0 Å². The largest absolute Gasteiger partial charge is 0.275 e. The number of benzene rings is 2. The van der Waals surface area contributed by atoms with Crippen LogP contribution in [0.4, 0.5) is 0 Å². The van der Waals surface area contributed by atoms with Gasteiger partial charge in [-0.3, -0.25) is 9.59 Å².